The van der Waals surface area contributed by atoms with Crippen molar-refractivity contribution in [3.63, 3.8) is 0 Å². The number of nitrogens with zero attached hydrogens (tertiary/aromatic N) is 6. The number of hydrogen-bond acceptors (Lipinski definition) is 10. The molecule has 260 valence electrons. The number of anilines is 1. The lowest BCUT2D eigenvalue weighted by Crippen LogP contribution is -2.31. The van der Waals surface area contributed by atoms with Crippen molar-refractivity contribution in [2.75, 3.05) is 23.8 Å². The average molecular weight is 791 g/mol. The number of hydrogen-bond donors (Lipinski definition) is 1. The van der Waals surface area contributed by atoms with Crippen LogP contribution in [-0.2, 0) is 32.6 Å². The number of sulfonamides is 1. The highest BCUT2D eigenvalue weighted by Gasteiger charge is 2.21. The van der Waals surface area contributed by atoms with E-state index in [-0.39, 0.29) is 53.1 Å². The smallest absolute Gasteiger partial charge is 0.355 e. The molecule has 0 unspecified atom stereocenters. The molecule has 5 rings (SSSR count). The average Bonchev–Trinajstić information content (AvgIpc) is 3.48. The highest BCUT2D eigenvalue weighted by atomic mass is 35.5. The van der Waals surface area contributed by atoms with E-state index in [0.29, 0.717) is 27.5 Å². The minimum Gasteiger partial charge on any atom is -0.468 e. The van der Waals surface area contributed by atoms with Crippen molar-refractivity contribution in [2.24, 2.45) is 4.99 Å². The monoisotopic (exact) mass is 789 g/mol. The molecule has 0 saturated carbocycles. The molecule has 0 saturated heterocycles. The summed E-state index contributed by atoms with van der Waals surface area (Å²) < 4.78 is 73.5. The van der Waals surface area contributed by atoms with E-state index < -0.39 is 34.0 Å². The zero-order valence-electron chi connectivity index (χ0n) is 25.0. The van der Waals surface area contributed by atoms with Gasteiger partial charge in [0.15, 0.2) is 0 Å². The third-order valence-electron chi connectivity index (χ3n) is 6.42. The van der Waals surface area contributed by atoms with Crippen LogP contribution in [0.3, 0.4) is 0 Å². The lowest BCUT2D eigenvalue weighted by molar-refractivity contribution is -0.137. The fourth-order valence-electron chi connectivity index (χ4n) is 4.27. The Balaban J connectivity index is 0.000000218. The summed E-state index contributed by atoms with van der Waals surface area (Å²) in [5.41, 5.74) is -1.19. The first-order valence-corrected chi connectivity index (χ1v) is 18.3. The van der Waals surface area contributed by atoms with Crippen molar-refractivity contribution >= 4 is 85.3 Å². The molecule has 0 fully saturated rings. The van der Waals surface area contributed by atoms with E-state index in [1.807, 2.05) is 0 Å². The van der Waals surface area contributed by atoms with E-state index in [0.717, 1.165) is 54.3 Å². The number of benzene rings is 2. The number of rotatable bonds is 8. The zero-order valence-corrected chi connectivity index (χ0v) is 29.8. The Morgan fingerprint density at radius 1 is 1.10 bits per heavy atom. The number of halogens is 6. The van der Waals surface area contributed by atoms with Gasteiger partial charge in [-0.2, -0.15) is 13.5 Å². The minimum atomic E-state index is -3.65. The molecule has 2 aromatic heterocycles. The standard InChI is InChI=1S/C15H15ClFN3O3S2.C11H10Cl2F2N4O3S/c1-23-13(21)8-24-12-7-11(10(17)6-9(12)16)18-14-19-4-2-3-5-20(19)15(22)25-14;1-5-16-19(11(20)18(5)10(14)15)9-4-8(17-23(2,21)22)6(12)3-7(9)13/h6-7H,2-5,8H2,1H3;3-4,10,17H,1-2H3/b18-14-;. The summed E-state index contributed by atoms with van der Waals surface area (Å²) in [6.45, 7) is -0.523. The largest absolute Gasteiger partial charge is 0.468 e. The first-order chi connectivity index (χ1) is 22.5. The second kappa shape index (κ2) is 15.5. The van der Waals surface area contributed by atoms with Crippen LogP contribution >= 0.6 is 57.9 Å². The number of fused-ring (bicyclic) bond motifs is 1. The Labute approximate surface area is 293 Å². The third-order valence-corrected chi connectivity index (χ3v) is 9.95. The SMILES string of the molecule is COC(=O)CSc1cc(/N=c2\sc(=O)n3n2CCCC3)c(F)cc1Cl.Cc1nn(-c2cc(NS(C)(=O)=O)c(Cl)cc2Cl)c(=O)n1C(F)F. The van der Waals surface area contributed by atoms with E-state index in [2.05, 4.69) is 19.6 Å². The van der Waals surface area contributed by atoms with Crippen LogP contribution in [0.15, 0.2) is 43.7 Å². The first kappa shape index (κ1) is 37.6. The van der Waals surface area contributed by atoms with Gasteiger partial charge >= 0.3 is 23.1 Å². The maximum atomic E-state index is 14.3. The van der Waals surface area contributed by atoms with Gasteiger partial charge in [-0.15, -0.1) is 16.9 Å². The number of methoxy groups -OCH3 is 1. The maximum Gasteiger partial charge on any atom is 0.355 e. The van der Waals surface area contributed by atoms with Gasteiger partial charge in [0, 0.05) is 18.0 Å². The molecule has 13 nitrogen and oxygen atoms in total. The number of carbonyl (C=O) groups is 1. The van der Waals surface area contributed by atoms with E-state index >= 15 is 0 Å². The van der Waals surface area contributed by atoms with Crippen molar-refractivity contribution in [3.8, 4) is 5.69 Å². The van der Waals surface area contributed by atoms with Gasteiger partial charge in [0.05, 0.1) is 45.6 Å². The number of carbonyl (C=O) groups excluding carboxylic acids is 1. The molecule has 0 spiro atoms. The van der Waals surface area contributed by atoms with Crippen LogP contribution in [0.2, 0.25) is 15.1 Å². The van der Waals surface area contributed by atoms with Crippen molar-refractivity contribution in [3.05, 3.63) is 75.9 Å². The molecular formula is C26H25Cl3F3N7O6S3. The number of nitrogens with one attached hydrogen (secondary N) is 1. The van der Waals surface area contributed by atoms with Crippen molar-refractivity contribution in [1.29, 1.82) is 0 Å². The summed E-state index contributed by atoms with van der Waals surface area (Å²) in [5, 5.41) is 3.83. The van der Waals surface area contributed by atoms with Gasteiger partial charge in [0.25, 0.3) is 0 Å². The maximum absolute atomic E-state index is 14.3. The topological polar surface area (TPSA) is 152 Å². The van der Waals surface area contributed by atoms with Gasteiger partial charge in [-0.1, -0.05) is 34.8 Å². The third kappa shape index (κ3) is 8.86. The quantitative estimate of drug-likeness (QED) is 0.189. The molecule has 2 aromatic carbocycles. The molecule has 1 aliphatic rings. The Morgan fingerprint density at radius 3 is 2.38 bits per heavy atom. The molecular weight excluding hydrogens is 766 g/mol. The van der Waals surface area contributed by atoms with Gasteiger partial charge in [0.2, 0.25) is 14.8 Å². The summed E-state index contributed by atoms with van der Waals surface area (Å²) >= 11 is 20.0. The zero-order chi connectivity index (χ0) is 35.5. The highest BCUT2D eigenvalue weighted by molar-refractivity contribution is 8.00. The van der Waals surface area contributed by atoms with E-state index in [1.54, 1.807) is 9.36 Å². The van der Waals surface area contributed by atoms with E-state index in [1.165, 1.54) is 26.2 Å². The van der Waals surface area contributed by atoms with Crippen LogP contribution < -0.4 is 20.1 Å². The van der Waals surface area contributed by atoms with Crippen molar-refractivity contribution in [1.82, 2.24) is 23.7 Å². The highest BCUT2D eigenvalue weighted by Crippen LogP contribution is 2.34. The fraction of sp³-hybridized carbons (Fsp3) is 0.346. The second-order valence-electron chi connectivity index (χ2n) is 9.86. The summed E-state index contributed by atoms with van der Waals surface area (Å²) in [7, 11) is -2.35. The van der Waals surface area contributed by atoms with Crippen LogP contribution in [0.4, 0.5) is 24.5 Å². The van der Waals surface area contributed by atoms with Crippen LogP contribution in [-0.4, -0.2) is 57.2 Å². The number of aromatic nitrogens is 5. The molecule has 1 aliphatic heterocycles. The molecule has 4 aromatic rings. The van der Waals surface area contributed by atoms with Crippen LogP contribution in [0, 0.1) is 12.7 Å². The van der Waals surface area contributed by atoms with E-state index in [4.69, 9.17) is 34.8 Å². The second-order valence-corrected chi connectivity index (χ2v) is 14.8. The lowest BCUT2D eigenvalue weighted by Gasteiger charge is -2.15. The number of thioether (sulfide) groups is 1. The Hall–Kier alpha value is -3.23. The fourth-order valence-corrected chi connectivity index (χ4v) is 7.39. The van der Waals surface area contributed by atoms with E-state index in [9.17, 15) is 36.0 Å². The molecule has 22 heteroatoms. The van der Waals surface area contributed by atoms with Crippen LogP contribution in [0.25, 0.3) is 5.69 Å². The van der Waals surface area contributed by atoms with Crippen molar-refractivity contribution in [2.45, 2.75) is 44.3 Å². The first-order valence-electron chi connectivity index (χ1n) is 13.5. The van der Waals surface area contributed by atoms with Gasteiger partial charge in [-0.25, -0.2) is 31.8 Å². The van der Waals surface area contributed by atoms with Gasteiger partial charge in [-0.3, -0.25) is 19.0 Å². The number of aryl methyl sites for hydroxylation is 1. The van der Waals surface area contributed by atoms with Crippen LogP contribution in [0.5, 0.6) is 0 Å². The molecule has 0 amide bonds. The summed E-state index contributed by atoms with van der Waals surface area (Å²) in [5.74, 6) is -1.15. The molecule has 0 radical (unpaired) electrons. The predicted molar refractivity (Wildman–Crippen MR) is 177 cm³/mol. The number of ether oxygens (including phenoxy) is 1. The predicted octanol–water partition coefficient (Wildman–Crippen LogP) is 5.21. The number of esters is 1. The van der Waals surface area contributed by atoms with Gasteiger partial charge < -0.3 is 4.74 Å². The van der Waals surface area contributed by atoms with Gasteiger partial charge in [-0.05, 0) is 55.4 Å². The molecule has 3 heterocycles. The summed E-state index contributed by atoms with van der Waals surface area (Å²) in [6, 6.07) is 4.95. The van der Waals surface area contributed by atoms with Gasteiger partial charge in [0.1, 0.15) is 17.3 Å². The Morgan fingerprint density at radius 2 is 1.77 bits per heavy atom. The Bertz CT molecular complexity index is 2160. The molecule has 48 heavy (non-hydrogen) atoms. The molecule has 1 N–H and O–H groups in total. The summed E-state index contributed by atoms with van der Waals surface area (Å²) in [4.78, 5) is 40.5. The molecule has 0 atom stereocenters. The minimum absolute atomic E-state index is 0.0257. The lowest BCUT2D eigenvalue weighted by atomic mass is 10.3. The van der Waals surface area contributed by atoms with Crippen LogP contribution in [0.1, 0.15) is 25.2 Å². The normalized spacial score (nSPS) is 13.2. The summed E-state index contributed by atoms with van der Waals surface area (Å²) in [6.07, 6.45) is 2.80. The Kier molecular flexibility index (Phi) is 12.2. The molecule has 0 aliphatic carbocycles. The number of alkyl halides is 2. The molecule has 0 bridgehead atoms. The van der Waals surface area contributed by atoms with Crippen molar-refractivity contribution < 1.29 is 31.1 Å².